The van der Waals surface area contributed by atoms with Crippen LogP contribution in [0.2, 0.25) is 0 Å². The van der Waals surface area contributed by atoms with Gasteiger partial charge in [0.1, 0.15) is 0 Å². The predicted molar refractivity (Wildman–Crippen MR) is 63.4 cm³/mol. The van der Waals surface area contributed by atoms with Crippen molar-refractivity contribution in [3.05, 3.63) is 21.9 Å². The monoisotopic (exact) mass is 226 g/mol. The molecule has 0 spiro atoms. The second-order valence-electron chi connectivity index (χ2n) is 4.63. The normalized spacial score (nSPS) is 11.7. The van der Waals surface area contributed by atoms with Crippen LogP contribution in [-0.4, -0.2) is 11.1 Å². The lowest BCUT2D eigenvalue weighted by molar-refractivity contribution is -0.139. The molecule has 84 valence electrons. The molecule has 1 aromatic rings. The van der Waals surface area contributed by atoms with Crippen LogP contribution in [0.4, 0.5) is 0 Å². The molecular formula is C12H18O2S. The van der Waals surface area contributed by atoms with Crippen LogP contribution in [0.25, 0.3) is 0 Å². The number of rotatable bonds is 5. The Morgan fingerprint density at radius 1 is 1.40 bits per heavy atom. The van der Waals surface area contributed by atoms with Crippen LogP contribution in [0.3, 0.4) is 0 Å². The predicted octanol–water partition coefficient (Wildman–Crippen LogP) is 3.35. The quantitative estimate of drug-likeness (QED) is 0.836. The molecule has 1 rings (SSSR count). The van der Waals surface area contributed by atoms with Gasteiger partial charge in [0.05, 0.1) is 6.42 Å². The van der Waals surface area contributed by atoms with Gasteiger partial charge in [-0.25, -0.2) is 0 Å². The Hall–Kier alpha value is -0.830. The molecule has 0 amide bonds. The molecule has 0 aliphatic carbocycles. The molecule has 15 heavy (non-hydrogen) atoms. The smallest absolute Gasteiger partial charge is 0.303 e. The van der Waals surface area contributed by atoms with Gasteiger partial charge in [0.25, 0.3) is 0 Å². The van der Waals surface area contributed by atoms with Crippen molar-refractivity contribution >= 4 is 17.3 Å². The molecule has 0 atom stereocenters. The maximum Gasteiger partial charge on any atom is 0.303 e. The molecule has 0 fully saturated rings. The molecule has 0 unspecified atom stereocenters. The van der Waals surface area contributed by atoms with Gasteiger partial charge in [-0.2, -0.15) is 0 Å². The second kappa shape index (κ2) is 4.79. The van der Waals surface area contributed by atoms with E-state index < -0.39 is 5.97 Å². The van der Waals surface area contributed by atoms with Crippen molar-refractivity contribution in [2.24, 2.45) is 5.41 Å². The first kappa shape index (κ1) is 12.2. The van der Waals surface area contributed by atoms with Gasteiger partial charge in [0.2, 0.25) is 0 Å². The largest absolute Gasteiger partial charge is 0.481 e. The van der Waals surface area contributed by atoms with E-state index in [1.165, 1.54) is 9.75 Å². The highest BCUT2D eigenvalue weighted by Crippen LogP contribution is 2.29. The van der Waals surface area contributed by atoms with Gasteiger partial charge in [0.15, 0.2) is 0 Å². The summed E-state index contributed by atoms with van der Waals surface area (Å²) in [5.74, 6) is -0.715. The Morgan fingerprint density at radius 2 is 2.00 bits per heavy atom. The van der Waals surface area contributed by atoms with Gasteiger partial charge in [-0.15, -0.1) is 11.3 Å². The van der Waals surface area contributed by atoms with Crippen molar-refractivity contribution in [2.75, 3.05) is 0 Å². The Labute approximate surface area is 94.9 Å². The summed E-state index contributed by atoms with van der Waals surface area (Å²) in [4.78, 5) is 13.3. The number of carbonyl (C=O) groups is 1. The SMILES string of the molecule is CCc1ccc(CC(C)(C)CC(=O)O)s1. The number of hydrogen-bond donors (Lipinski definition) is 1. The molecule has 2 nitrogen and oxygen atoms in total. The van der Waals surface area contributed by atoms with Crippen LogP contribution in [0, 0.1) is 5.41 Å². The summed E-state index contributed by atoms with van der Waals surface area (Å²) in [6, 6.07) is 4.25. The molecule has 0 bridgehead atoms. The first-order valence-electron chi connectivity index (χ1n) is 5.22. The van der Waals surface area contributed by atoms with Crippen molar-refractivity contribution < 1.29 is 9.90 Å². The zero-order valence-corrected chi connectivity index (χ0v) is 10.4. The highest BCUT2D eigenvalue weighted by Gasteiger charge is 2.22. The Balaban J connectivity index is 2.63. The summed E-state index contributed by atoms with van der Waals surface area (Å²) in [5.41, 5.74) is -0.151. The van der Waals surface area contributed by atoms with Crippen LogP contribution in [-0.2, 0) is 17.6 Å². The second-order valence-corrected chi connectivity index (χ2v) is 5.89. The minimum absolute atomic E-state index is 0.151. The van der Waals surface area contributed by atoms with Crippen LogP contribution in [0.15, 0.2) is 12.1 Å². The lowest BCUT2D eigenvalue weighted by Crippen LogP contribution is -2.19. The highest BCUT2D eigenvalue weighted by molar-refractivity contribution is 7.11. The lowest BCUT2D eigenvalue weighted by Gasteiger charge is -2.21. The Kier molecular flexibility index (Phi) is 3.91. The lowest BCUT2D eigenvalue weighted by atomic mass is 9.85. The fourth-order valence-electron chi connectivity index (χ4n) is 1.65. The molecule has 0 saturated carbocycles. The van der Waals surface area contributed by atoms with Crippen LogP contribution in [0.5, 0.6) is 0 Å². The third-order valence-electron chi connectivity index (χ3n) is 2.35. The fourth-order valence-corrected chi connectivity index (χ4v) is 2.87. The van der Waals surface area contributed by atoms with Gasteiger partial charge >= 0.3 is 5.97 Å². The molecule has 0 aliphatic rings. The zero-order valence-electron chi connectivity index (χ0n) is 9.54. The van der Waals surface area contributed by atoms with E-state index in [4.69, 9.17) is 5.11 Å². The molecule has 0 saturated heterocycles. The maximum absolute atomic E-state index is 10.7. The molecule has 0 aromatic carbocycles. The minimum Gasteiger partial charge on any atom is -0.481 e. The minimum atomic E-state index is -0.715. The van der Waals surface area contributed by atoms with Crippen molar-refractivity contribution in [2.45, 2.75) is 40.0 Å². The van der Waals surface area contributed by atoms with E-state index in [-0.39, 0.29) is 11.8 Å². The van der Waals surface area contributed by atoms with Gasteiger partial charge in [-0.1, -0.05) is 20.8 Å². The molecule has 1 heterocycles. The Morgan fingerprint density at radius 3 is 2.47 bits per heavy atom. The first-order chi connectivity index (χ1) is 6.93. The van der Waals surface area contributed by atoms with E-state index in [2.05, 4.69) is 19.1 Å². The average molecular weight is 226 g/mol. The van der Waals surface area contributed by atoms with Crippen LogP contribution >= 0.6 is 11.3 Å². The van der Waals surface area contributed by atoms with E-state index in [1.54, 1.807) is 11.3 Å². The summed E-state index contributed by atoms with van der Waals surface area (Å²) in [5, 5.41) is 8.78. The third kappa shape index (κ3) is 4.04. The molecule has 3 heteroatoms. The summed E-state index contributed by atoms with van der Waals surface area (Å²) in [7, 11) is 0. The fraction of sp³-hybridized carbons (Fsp3) is 0.583. The van der Waals surface area contributed by atoms with E-state index >= 15 is 0 Å². The van der Waals surface area contributed by atoms with Gasteiger partial charge < -0.3 is 5.11 Å². The number of carboxylic acid groups (broad SMARTS) is 1. The Bertz CT molecular complexity index is 339. The molecular weight excluding hydrogens is 208 g/mol. The topological polar surface area (TPSA) is 37.3 Å². The molecule has 1 N–H and O–H groups in total. The number of carboxylic acids is 1. The summed E-state index contributed by atoms with van der Waals surface area (Å²) >= 11 is 1.79. The number of aryl methyl sites for hydroxylation is 1. The molecule has 1 aromatic heterocycles. The third-order valence-corrected chi connectivity index (χ3v) is 3.58. The van der Waals surface area contributed by atoms with Gasteiger partial charge in [0, 0.05) is 9.75 Å². The average Bonchev–Trinajstić information content (AvgIpc) is 2.48. The first-order valence-corrected chi connectivity index (χ1v) is 6.04. The van der Waals surface area contributed by atoms with Crippen molar-refractivity contribution in [3.63, 3.8) is 0 Å². The van der Waals surface area contributed by atoms with E-state index in [0.29, 0.717) is 0 Å². The zero-order chi connectivity index (χ0) is 11.5. The van der Waals surface area contributed by atoms with Crippen molar-refractivity contribution in [1.29, 1.82) is 0 Å². The van der Waals surface area contributed by atoms with Crippen molar-refractivity contribution in [1.82, 2.24) is 0 Å². The molecule has 0 radical (unpaired) electrons. The van der Waals surface area contributed by atoms with Gasteiger partial charge in [-0.05, 0) is 30.4 Å². The number of aliphatic carboxylic acids is 1. The number of thiophene rings is 1. The summed E-state index contributed by atoms with van der Waals surface area (Å²) in [6.45, 7) is 6.15. The summed E-state index contributed by atoms with van der Waals surface area (Å²) in [6.07, 6.45) is 2.14. The van der Waals surface area contributed by atoms with E-state index in [9.17, 15) is 4.79 Å². The van der Waals surface area contributed by atoms with E-state index in [0.717, 1.165) is 12.8 Å². The summed E-state index contributed by atoms with van der Waals surface area (Å²) < 4.78 is 0. The maximum atomic E-state index is 10.7. The standard InChI is InChI=1S/C12H18O2S/c1-4-9-5-6-10(15-9)7-12(2,3)8-11(13)14/h5-6H,4,7-8H2,1-3H3,(H,13,14). The van der Waals surface area contributed by atoms with Gasteiger partial charge in [-0.3, -0.25) is 4.79 Å². The van der Waals surface area contributed by atoms with E-state index in [1.807, 2.05) is 13.8 Å². The van der Waals surface area contributed by atoms with Crippen LogP contribution < -0.4 is 0 Å². The molecule has 0 aliphatic heterocycles. The van der Waals surface area contributed by atoms with Crippen molar-refractivity contribution in [3.8, 4) is 0 Å². The number of hydrogen-bond acceptors (Lipinski definition) is 2. The highest BCUT2D eigenvalue weighted by atomic mass is 32.1. The van der Waals surface area contributed by atoms with Crippen LogP contribution in [0.1, 0.15) is 36.9 Å².